The van der Waals surface area contributed by atoms with Gasteiger partial charge in [0.2, 0.25) is 0 Å². The number of carbonyl (C=O) groups is 1. The fraction of sp³-hybridized carbons (Fsp3) is 0.967. The zero-order valence-electron chi connectivity index (χ0n) is 25.2. The van der Waals surface area contributed by atoms with Gasteiger partial charge in [0.1, 0.15) is 6.10 Å². The average molecular weight is 576 g/mol. The van der Waals surface area contributed by atoms with Gasteiger partial charge in [-0.05, 0) is 45.2 Å². The van der Waals surface area contributed by atoms with Crippen molar-refractivity contribution < 1.29 is 32.8 Å². The molecule has 0 amide bonds. The molecule has 3 aliphatic heterocycles. The Kier molecular flexibility index (Phi) is 18.1. The molecule has 1 N–H and O–H groups in total. The molecule has 4 unspecified atom stereocenters. The van der Waals surface area contributed by atoms with Crippen LogP contribution in [0.1, 0.15) is 124 Å². The van der Waals surface area contributed by atoms with Crippen molar-refractivity contribution in [2.75, 3.05) is 39.5 Å². The van der Waals surface area contributed by atoms with Gasteiger partial charge in [-0.2, -0.15) is 0 Å². The zero-order valence-corrected chi connectivity index (χ0v) is 26.1. The monoisotopic (exact) mass is 575 g/mol. The molecule has 9 heteroatoms. The first-order chi connectivity index (χ1) is 18.8. The summed E-state index contributed by atoms with van der Waals surface area (Å²) in [6, 6.07) is 0. The number of esters is 1. The Morgan fingerprint density at radius 3 is 1.92 bits per heavy atom. The quantitative estimate of drug-likeness (QED) is 0.0729. The SMILES string of the molecule is CCCCCCCCCCCCCCCCOCC(COP(=O)(O)OC(C)C1CN2CCC1CC2)OC(C)=O. The Bertz CT molecular complexity index is 686. The predicted molar refractivity (Wildman–Crippen MR) is 156 cm³/mol. The predicted octanol–water partition coefficient (Wildman–Crippen LogP) is 7.28. The van der Waals surface area contributed by atoms with Gasteiger partial charge < -0.3 is 19.3 Å². The van der Waals surface area contributed by atoms with Crippen LogP contribution in [0.3, 0.4) is 0 Å². The minimum absolute atomic E-state index is 0.132. The Balaban J connectivity index is 1.50. The molecule has 0 radical (unpaired) electrons. The lowest BCUT2D eigenvalue weighted by Gasteiger charge is -2.46. The summed E-state index contributed by atoms with van der Waals surface area (Å²) >= 11 is 0. The number of hydrogen-bond donors (Lipinski definition) is 1. The number of carbonyl (C=O) groups excluding carboxylic acids is 1. The summed E-state index contributed by atoms with van der Waals surface area (Å²) in [6.45, 7) is 8.99. The fourth-order valence-corrected chi connectivity index (χ4v) is 7.00. The minimum atomic E-state index is -4.28. The summed E-state index contributed by atoms with van der Waals surface area (Å²) < 4.78 is 34.3. The van der Waals surface area contributed by atoms with Crippen molar-refractivity contribution in [2.45, 2.75) is 136 Å². The third kappa shape index (κ3) is 15.9. The standard InChI is InChI=1S/C30H58NO7P/c1-4-5-6-7-8-9-10-11-12-13-14-15-16-17-22-35-24-29(37-27(3)32)25-36-39(33,34)38-26(2)30-23-31-20-18-28(30)19-21-31/h26,28-30H,4-25H2,1-3H3,(H,33,34). The summed E-state index contributed by atoms with van der Waals surface area (Å²) in [5, 5.41) is 0. The van der Waals surface area contributed by atoms with Gasteiger partial charge in [0.15, 0.2) is 0 Å². The Morgan fingerprint density at radius 2 is 1.44 bits per heavy atom. The zero-order chi connectivity index (χ0) is 28.3. The third-order valence-electron chi connectivity index (χ3n) is 8.31. The van der Waals surface area contributed by atoms with Gasteiger partial charge in [0.25, 0.3) is 0 Å². The highest BCUT2D eigenvalue weighted by atomic mass is 31.2. The van der Waals surface area contributed by atoms with Gasteiger partial charge in [0, 0.05) is 26.0 Å². The van der Waals surface area contributed by atoms with Crippen LogP contribution in [-0.4, -0.2) is 67.4 Å². The van der Waals surface area contributed by atoms with Crippen molar-refractivity contribution >= 4 is 13.8 Å². The van der Waals surface area contributed by atoms with E-state index in [1.54, 1.807) is 0 Å². The lowest BCUT2D eigenvalue weighted by Crippen LogP contribution is -2.51. The first-order valence-electron chi connectivity index (χ1n) is 15.9. The highest BCUT2D eigenvalue weighted by molar-refractivity contribution is 7.47. The van der Waals surface area contributed by atoms with Crippen LogP contribution in [0.25, 0.3) is 0 Å². The van der Waals surface area contributed by atoms with Crippen LogP contribution in [0.2, 0.25) is 0 Å². The summed E-state index contributed by atoms with van der Waals surface area (Å²) in [5.41, 5.74) is 0. The molecule has 8 nitrogen and oxygen atoms in total. The first-order valence-corrected chi connectivity index (χ1v) is 17.4. The molecule has 0 aromatic carbocycles. The van der Waals surface area contributed by atoms with Crippen molar-refractivity contribution in [3.63, 3.8) is 0 Å². The van der Waals surface area contributed by atoms with E-state index in [9.17, 15) is 14.3 Å². The van der Waals surface area contributed by atoms with Crippen LogP contribution in [0, 0.1) is 11.8 Å². The molecular formula is C30H58NO7P. The molecule has 0 aromatic rings. The molecule has 2 bridgehead atoms. The Hall–Kier alpha value is -0.500. The van der Waals surface area contributed by atoms with Crippen LogP contribution in [-0.2, 0) is 27.9 Å². The number of fused-ring (bicyclic) bond motifs is 3. The van der Waals surface area contributed by atoms with Crippen molar-refractivity contribution in [1.82, 2.24) is 4.90 Å². The second-order valence-electron chi connectivity index (χ2n) is 11.8. The Morgan fingerprint density at radius 1 is 0.897 bits per heavy atom. The van der Waals surface area contributed by atoms with Crippen LogP contribution in [0.4, 0.5) is 0 Å². The second-order valence-corrected chi connectivity index (χ2v) is 13.2. The summed E-state index contributed by atoms with van der Waals surface area (Å²) in [6.07, 6.45) is 19.3. The van der Waals surface area contributed by atoms with Gasteiger partial charge in [0.05, 0.1) is 19.3 Å². The van der Waals surface area contributed by atoms with E-state index in [4.69, 9.17) is 18.5 Å². The number of phosphoric ester groups is 1. The minimum Gasteiger partial charge on any atom is -0.458 e. The molecule has 0 spiro atoms. The number of nitrogens with zero attached hydrogens (tertiary/aromatic N) is 1. The van der Waals surface area contributed by atoms with Crippen molar-refractivity contribution in [1.29, 1.82) is 0 Å². The maximum absolute atomic E-state index is 12.6. The first kappa shape index (κ1) is 34.7. The van der Waals surface area contributed by atoms with E-state index in [-0.39, 0.29) is 25.2 Å². The highest BCUT2D eigenvalue weighted by Gasteiger charge is 2.40. The van der Waals surface area contributed by atoms with E-state index in [2.05, 4.69) is 11.8 Å². The normalized spacial score (nSPS) is 23.8. The summed E-state index contributed by atoms with van der Waals surface area (Å²) in [5.74, 6) is 0.286. The molecule has 3 saturated heterocycles. The van der Waals surface area contributed by atoms with Crippen molar-refractivity contribution in [2.24, 2.45) is 11.8 Å². The Labute approximate surface area is 238 Å². The molecule has 230 valence electrons. The molecule has 0 aromatic heterocycles. The number of piperidine rings is 3. The fourth-order valence-electron chi connectivity index (χ4n) is 6.00. The number of hydrogen-bond acceptors (Lipinski definition) is 7. The summed E-state index contributed by atoms with van der Waals surface area (Å²) in [7, 11) is -4.28. The topological polar surface area (TPSA) is 94.5 Å². The van der Waals surface area contributed by atoms with E-state index >= 15 is 0 Å². The van der Waals surface area contributed by atoms with Crippen LogP contribution < -0.4 is 0 Å². The van der Waals surface area contributed by atoms with E-state index in [0.29, 0.717) is 12.5 Å². The average Bonchev–Trinajstić information content (AvgIpc) is 2.91. The van der Waals surface area contributed by atoms with Gasteiger partial charge in [-0.1, -0.05) is 90.4 Å². The maximum atomic E-state index is 12.6. The van der Waals surface area contributed by atoms with Gasteiger partial charge >= 0.3 is 13.8 Å². The summed E-state index contributed by atoms with van der Waals surface area (Å²) in [4.78, 5) is 24.2. The van der Waals surface area contributed by atoms with E-state index in [0.717, 1.165) is 45.3 Å². The molecule has 39 heavy (non-hydrogen) atoms. The molecular weight excluding hydrogens is 517 g/mol. The van der Waals surface area contributed by atoms with E-state index in [1.165, 1.54) is 84.0 Å². The number of rotatable bonds is 24. The smallest absolute Gasteiger partial charge is 0.458 e. The van der Waals surface area contributed by atoms with Crippen LogP contribution in [0.15, 0.2) is 0 Å². The van der Waals surface area contributed by atoms with Crippen molar-refractivity contribution in [3.8, 4) is 0 Å². The van der Waals surface area contributed by atoms with E-state index in [1.807, 2.05) is 6.92 Å². The second kappa shape index (κ2) is 20.4. The van der Waals surface area contributed by atoms with Gasteiger partial charge in [-0.15, -0.1) is 0 Å². The van der Waals surface area contributed by atoms with Crippen molar-refractivity contribution in [3.05, 3.63) is 0 Å². The third-order valence-corrected chi connectivity index (χ3v) is 9.39. The molecule has 3 fully saturated rings. The molecule has 0 saturated carbocycles. The molecule has 4 atom stereocenters. The molecule has 3 heterocycles. The number of phosphoric acid groups is 1. The maximum Gasteiger partial charge on any atom is 0.472 e. The number of unbranched alkanes of at least 4 members (excludes halogenated alkanes) is 13. The van der Waals surface area contributed by atoms with Gasteiger partial charge in [-0.3, -0.25) is 13.8 Å². The number of ether oxygens (including phenoxy) is 2. The van der Waals surface area contributed by atoms with Crippen LogP contribution >= 0.6 is 7.82 Å². The largest absolute Gasteiger partial charge is 0.472 e. The molecule has 3 rings (SSSR count). The lowest BCUT2D eigenvalue weighted by molar-refractivity contribution is -0.152. The molecule has 3 aliphatic rings. The lowest BCUT2D eigenvalue weighted by atomic mass is 9.77. The highest BCUT2D eigenvalue weighted by Crippen LogP contribution is 2.48. The van der Waals surface area contributed by atoms with E-state index < -0.39 is 19.9 Å². The van der Waals surface area contributed by atoms with Crippen LogP contribution in [0.5, 0.6) is 0 Å². The van der Waals surface area contributed by atoms with Gasteiger partial charge in [-0.25, -0.2) is 4.57 Å². The molecule has 0 aliphatic carbocycles.